The molecule has 1 atom stereocenters. The van der Waals surface area contributed by atoms with Gasteiger partial charge in [0.1, 0.15) is 11.5 Å². The number of halogens is 1. The minimum Gasteiger partial charge on any atom is -0.497 e. The van der Waals surface area contributed by atoms with E-state index in [4.69, 9.17) is 25.4 Å². The fraction of sp³-hybridized carbons (Fsp3) is 0.364. The second kappa shape index (κ2) is 10.8. The zero-order valence-corrected chi connectivity index (χ0v) is 19.1. The van der Waals surface area contributed by atoms with Crippen molar-refractivity contribution in [2.24, 2.45) is 0 Å². The minimum absolute atomic E-state index is 0.270. The standard InChI is InChI=1S/C22H29ClNO4P/c1-16(2)27-29(25,28-17(3)4)22(15-10-18-8-6-7-9-21(18)23)24-19-11-13-20(26-5)14-12-19/h6-17,22,24H,1-5H3/b15-10+/t22-/m1/s1. The summed E-state index contributed by atoms with van der Waals surface area (Å²) < 4.78 is 30.6. The van der Waals surface area contributed by atoms with E-state index in [9.17, 15) is 4.57 Å². The van der Waals surface area contributed by atoms with E-state index in [-0.39, 0.29) is 12.2 Å². The van der Waals surface area contributed by atoms with Crippen molar-refractivity contribution >= 4 is 31.0 Å². The quantitative estimate of drug-likeness (QED) is 0.412. The number of ether oxygens (including phenoxy) is 1. The SMILES string of the molecule is COc1ccc(N[C@@H](/C=C/c2ccccc2Cl)P(=O)(OC(C)C)OC(C)C)cc1. The van der Waals surface area contributed by atoms with Crippen LogP contribution < -0.4 is 10.1 Å². The number of methoxy groups -OCH3 is 1. The average molecular weight is 438 g/mol. The Kier molecular flexibility index (Phi) is 8.79. The van der Waals surface area contributed by atoms with Gasteiger partial charge >= 0.3 is 7.60 Å². The predicted octanol–water partition coefficient (Wildman–Crippen LogP) is 6.84. The second-order valence-corrected chi connectivity index (χ2v) is 9.51. The van der Waals surface area contributed by atoms with E-state index < -0.39 is 13.4 Å². The van der Waals surface area contributed by atoms with Crippen molar-refractivity contribution in [2.75, 3.05) is 12.4 Å². The Morgan fingerprint density at radius 1 is 0.966 bits per heavy atom. The zero-order chi connectivity index (χ0) is 21.4. The summed E-state index contributed by atoms with van der Waals surface area (Å²) in [5, 5.41) is 3.88. The molecule has 0 fully saturated rings. The Balaban J connectivity index is 2.41. The molecular weight excluding hydrogens is 409 g/mol. The van der Waals surface area contributed by atoms with Crippen LogP contribution >= 0.6 is 19.2 Å². The minimum atomic E-state index is -3.55. The summed E-state index contributed by atoms with van der Waals surface area (Å²) in [5.74, 6) is 0.0238. The van der Waals surface area contributed by atoms with Gasteiger partial charge in [0.15, 0.2) is 0 Å². The van der Waals surface area contributed by atoms with Crippen molar-refractivity contribution in [1.29, 1.82) is 0 Å². The van der Waals surface area contributed by atoms with Crippen LogP contribution in [0, 0.1) is 0 Å². The van der Waals surface area contributed by atoms with E-state index in [1.54, 1.807) is 13.2 Å². The smallest absolute Gasteiger partial charge is 0.357 e. The van der Waals surface area contributed by atoms with Crippen molar-refractivity contribution in [2.45, 2.75) is 45.7 Å². The van der Waals surface area contributed by atoms with E-state index in [0.717, 1.165) is 17.0 Å². The van der Waals surface area contributed by atoms with Crippen LogP contribution in [0.3, 0.4) is 0 Å². The molecule has 2 rings (SSSR count). The summed E-state index contributed by atoms with van der Waals surface area (Å²) in [4.78, 5) is 0. The molecule has 0 heterocycles. The van der Waals surface area contributed by atoms with Crippen molar-refractivity contribution in [1.82, 2.24) is 0 Å². The van der Waals surface area contributed by atoms with Gasteiger partial charge in [-0.1, -0.05) is 35.9 Å². The van der Waals surface area contributed by atoms with E-state index in [1.165, 1.54) is 0 Å². The van der Waals surface area contributed by atoms with Crippen LogP contribution in [0.15, 0.2) is 54.6 Å². The van der Waals surface area contributed by atoms with Crippen LogP contribution in [0.25, 0.3) is 6.08 Å². The second-order valence-electron chi connectivity index (χ2n) is 7.05. The van der Waals surface area contributed by atoms with Crippen LogP contribution in [-0.2, 0) is 13.6 Å². The van der Waals surface area contributed by atoms with Crippen molar-refractivity contribution in [3.8, 4) is 5.75 Å². The van der Waals surface area contributed by atoms with Gasteiger partial charge in [0, 0.05) is 10.7 Å². The largest absolute Gasteiger partial charge is 0.497 e. The fourth-order valence-electron chi connectivity index (χ4n) is 2.64. The Labute approximate surface area is 178 Å². The van der Waals surface area contributed by atoms with Gasteiger partial charge in [-0.2, -0.15) is 0 Å². The van der Waals surface area contributed by atoms with Gasteiger partial charge in [-0.05, 0) is 69.7 Å². The summed E-state index contributed by atoms with van der Waals surface area (Å²) in [6.45, 7) is 7.33. The molecule has 0 bridgehead atoms. The molecule has 0 spiro atoms. The lowest BCUT2D eigenvalue weighted by atomic mass is 10.2. The summed E-state index contributed by atoms with van der Waals surface area (Å²) in [6.07, 6.45) is 3.06. The summed E-state index contributed by atoms with van der Waals surface area (Å²) >= 11 is 6.27. The highest BCUT2D eigenvalue weighted by Crippen LogP contribution is 2.55. The van der Waals surface area contributed by atoms with E-state index in [2.05, 4.69) is 5.32 Å². The highest BCUT2D eigenvalue weighted by Gasteiger charge is 2.36. The van der Waals surface area contributed by atoms with E-state index >= 15 is 0 Å². The Bertz CT molecular complexity index is 838. The highest BCUT2D eigenvalue weighted by atomic mass is 35.5. The maximum Gasteiger partial charge on any atom is 0.357 e. The Morgan fingerprint density at radius 3 is 2.07 bits per heavy atom. The molecule has 29 heavy (non-hydrogen) atoms. The summed E-state index contributed by atoms with van der Waals surface area (Å²) in [7, 11) is -1.94. The Hall–Kier alpha value is -1.78. The monoisotopic (exact) mass is 437 g/mol. The average Bonchev–Trinajstić information content (AvgIpc) is 2.65. The molecule has 0 aromatic heterocycles. The fourth-order valence-corrected chi connectivity index (χ4v) is 4.93. The molecule has 7 heteroatoms. The summed E-state index contributed by atoms with van der Waals surface area (Å²) in [5.41, 5.74) is 1.58. The van der Waals surface area contributed by atoms with Crippen LogP contribution in [0.5, 0.6) is 5.75 Å². The number of nitrogens with one attached hydrogen (secondary N) is 1. The lowest BCUT2D eigenvalue weighted by Crippen LogP contribution is -2.23. The van der Waals surface area contributed by atoms with Crippen LogP contribution in [-0.4, -0.2) is 25.1 Å². The van der Waals surface area contributed by atoms with Gasteiger partial charge in [0.25, 0.3) is 0 Å². The molecule has 0 amide bonds. The maximum absolute atomic E-state index is 13.8. The first-order chi connectivity index (χ1) is 13.7. The third kappa shape index (κ3) is 7.20. The molecule has 0 saturated carbocycles. The molecule has 0 aliphatic heterocycles. The first kappa shape index (κ1) is 23.5. The molecule has 0 aliphatic carbocycles. The molecule has 1 N–H and O–H groups in total. The predicted molar refractivity (Wildman–Crippen MR) is 121 cm³/mol. The van der Waals surface area contributed by atoms with Crippen molar-refractivity contribution < 1.29 is 18.3 Å². The van der Waals surface area contributed by atoms with Crippen LogP contribution in [0.2, 0.25) is 5.02 Å². The number of rotatable bonds is 10. The number of benzene rings is 2. The molecule has 0 aliphatic rings. The first-order valence-corrected chi connectivity index (χ1v) is 11.5. The molecular formula is C22H29ClNO4P. The summed E-state index contributed by atoms with van der Waals surface area (Å²) in [6, 6.07) is 14.8. The third-order valence-electron chi connectivity index (χ3n) is 3.82. The molecule has 0 unspecified atom stereocenters. The van der Waals surface area contributed by atoms with Gasteiger partial charge in [0.2, 0.25) is 0 Å². The highest BCUT2D eigenvalue weighted by molar-refractivity contribution is 7.55. The van der Waals surface area contributed by atoms with Gasteiger partial charge in [0.05, 0.1) is 19.3 Å². The molecule has 2 aromatic rings. The van der Waals surface area contributed by atoms with Crippen LogP contribution in [0.1, 0.15) is 33.3 Å². The zero-order valence-electron chi connectivity index (χ0n) is 17.5. The van der Waals surface area contributed by atoms with Gasteiger partial charge < -0.3 is 19.1 Å². The van der Waals surface area contributed by atoms with Gasteiger partial charge in [-0.15, -0.1) is 0 Å². The van der Waals surface area contributed by atoms with Crippen molar-refractivity contribution in [3.05, 3.63) is 65.2 Å². The number of anilines is 1. The molecule has 158 valence electrons. The molecule has 0 radical (unpaired) electrons. The van der Waals surface area contributed by atoms with E-state index in [0.29, 0.717) is 5.02 Å². The van der Waals surface area contributed by atoms with E-state index in [1.807, 2.05) is 82.3 Å². The van der Waals surface area contributed by atoms with Gasteiger partial charge in [-0.3, -0.25) is 4.57 Å². The number of hydrogen-bond acceptors (Lipinski definition) is 5. The topological polar surface area (TPSA) is 56.8 Å². The molecule has 2 aromatic carbocycles. The first-order valence-electron chi connectivity index (χ1n) is 9.53. The van der Waals surface area contributed by atoms with Crippen molar-refractivity contribution in [3.63, 3.8) is 0 Å². The maximum atomic E-state index is 13.8. The van der Waals surface area contributed by atoms with Gasteiger partial charge in [-0.25, -0.2) is 0 Å². The third-order valence-corrected chi connectivity index (χ3v) is 6.58. The lowest BCUT2D eigenvalue weighted by Gasteiger charge is -2.29. The normalized spacial score (nSPS) is 13.2. The Morgan fingerprint density at radius 2 is 1.55 bits per heavy atom. The number of hydrogen-bond donors (Lipinski definition) is 1. The van der Waals surface area contributed by atoms with Crippen LogP contribution in [0.4, 0.5) is 5.69 Å². The lowest BCUT2D eigenvalue weighted by molar-refractivity contribution is 0.140. The molecule has 0 saturated heterocycles. The molecule has 5 nitrogen and oxygen atoms in total.